The minimum absolute atomic E-state index is 0.00680. The molecular weight excluding hydrogens is 245 g/mol. The minimum Gasteiger partial charge on any atom is -0.326 e. The molecule has 0 spiro atoms. The SMILES string of the molecule is CC(C)CC1NCC(=O)N1CCCCC(F)(F)F. The summed E-state index contributed by atoms with van der Waals surface area (Å²) in [4.78, 5) is 13.3. The second kappa shape index (κ2) is 6.41. The molecule has 0 bridgehead atoms. The highest BCUT2D eigenvalue weighted by molar-refractivity contribution is 5.80. The molecule has 0 radical (unpaired) electrons. The van der Waals surface area contributed by atoms with Crippen LogP contribution in [0.2, 0.25) is 0 Å². The van der Waals surface area contributed by atoms with Crippen LogP contribution in [0.3, 0.4) is 0 Å². The van der Waals surface area contributed by atoms with Crippen molar-refractivity contribution in [3.05, 3.63) is 0 Å². The summed E-state index contributed by atoms with van der Waals surface area (Å²) in [6.45, 7) is 4.84. The smallest absolute Gasteiger partial charge is 0.326 e. The average Bonchev–Trinajstić information content (AvgIpc) is 2.53. The Balaban J connectivity index is 2.32. The lowest BCUT2D eigenvalue weighted by molar-refractivity contribution is -0.136. The molecule has 1 saturated heterocycles. The first-order valence-electron chi connectivity index (χ1n) is 6.39. The number of carbonyl (C=O) groups excluding carboxylic acids is 1. The van der Waals surface area contributed by atoms with Gasteiger partial charge in [-0.3, -0.25) is 10.1 Å². The first-order chi connectivity index (χ1) is 8.29. The molecule has 6 heteroatoms. The van der Waals surface area contributed by atoms with E-state index < -0.39 is 12.6 Å². The van der Waals surface area contributed by atoms with Gasteiger partial charge in [-0.25, -0.2) is 0 Å². The number of nitrogens with one attached hydrogen (secondary N) is 1. The standard InChI is InChI=1S/C12H21F3N2O/c1-9(2)7-10-16-8-11(18)17(10)6-4-3-5-12(13,14)15/h9-10,16H,3-8H2,1-2H3. The van der Waals surface area contributed by atoms with Crippen molar-refractivity contribution in [2.24, 2.45) is 5.92 Å². The van der Waals surface area contributed by atoms with E-state index in [0.717, 1.165) is 6.42 Å². The van der Waals surface area contributed by atoms with Gasteiger partial charge in [0, 0.05) is 13.0 Å². The number of hydrogen-bond donors (Lipinski definition) is 1. The van der Waals surface area contributed by atoms with Crippen LogP contribution in [0, 0.1) is 5.92 Å². The monoisotopic (exact) mass is 266 g/mol. The van der Waals surface area contributed by atoms with E-state index in [9.17, 15) is 18.0 Å². The van der Waals surface area contributed by atoms with Crippen LogP contribution in [-0.2, 0) is 4.79 Å². The maximum atomic E-state index is 12.0. The summed E-state index contributed by atoms with van der Waals surface area (Å²) >= 11 is 0. The third-order valence-corrected chi connectivity index (χ3v) is 2.99. The quantitative estimate of drug-likeness (QED) is 0.749. The summed E-state index contributed by atoms with van der Waals surface area (Å²) in [7, 11) is 0. The topological polar surface area (TPSA) is 32.3 Å². The van der Waals surface area contributed by atoms with E-state index in [0.29, 0.717) is 25.4 Å². The van der Waals surface area contributed by atoms with Gasteiger partial charge in [0.25, 0.3) is 0 Å². The lowest BCUT2D eigenvalue weighted by Crippen LogP contribution is -2.39. The van der Waals surface area contributed by atoms with Gasteiger partial charge in [-0.1, -0.05) is 13.8 Å². The van der Waals surface area contributed by atoms with E-state index in [2.05, 4.69) is 19.2 Å². The fourth-order valence-electron chi connectivity index (χ4n) is 2.14. The summed E-state index contributed by atoms with van der Waals surface area (Å²) in [5, 5.41) is 3.10. The van der Waals surface area contributed by atoms with E-state index in [1.165, 1.54) is 0 Å². The first-order valence-corrected chi connectivity index (χ1v) is 6.39. The maximum Gasteiger partial charge on any atom is 0.389 e. The number of unbranched alkanes of at least 4 members (excludes halogenated alkanes) is 1. The Morgan fingerprint density at radius 3 is 2.61 bits per heavy atom. The molecule has 0 aromatic heterocycles. The van der Waals surface area contributed by atoms with Crippen molar-refractivity contribution < 1.29 is 18.0 Å². The molecule has 106 valence electrons. The fraction of sp³-hybridized carbons (Fsp3) is 0.917. The van der Waals surface area contributed by atoms with Gasteiger partial charge in [-0.15, -0.1) is 0 Å². The molecule has 1 aliphatic heterocycles. The second-order valence-electron chi connectivity index (χ2n) is 5.19. The predicted octanol–water partition coefficient (Wildman–Crippen LogP) is 2.52. The first kappa shape index (κ1) is 15.3. The summed E-state index contributed by atoms with van der Waals surface area (Å²) < 4.78 is 36.0. The van der Waals surface area contributed by atoms with E-state index >= 15 is 0 Å². The van der Waals surface area contributed by atoms with E-state index in [-0.39, 0.29) is 18.5 Å². The fourth-order valence-corrected chi connectivity index (χ4v) is 2.14. The van der Waals surface area contributed by atoms with Crippen LogP contribution in [0.5, 0.6) is 0 Å². The highest BCUT2D eigenvalue weighted by Gasteiger charge is 2.31. The normalized spacial score (nSPS) is 21.1. The summed E-state index contributed by atoms with van der Waals surface area (Å²) in [5.41, 5.74) is 0. The molecule has 1 rings (SSSR count). The molecule has 0 aromatic carbocycles. The highest BCUT2D eigenvalue weighted by atomic mass is 19.4. The maximum absolute atomic E-state index is 12.0. The number of amides is 1. The molecule has 1 aliphatic rings. The minimum atomic E-state index is -4.09. The van der Waals surface area contributed by atoms with Crippen LogP contribution >= 0.6 is 0 Å². The molecule has 1 fully saturated rings. The summed E-state index contributed by atoms with van der Waals surface area (Å²) in [6, 6.07) is 0. The number of rotatable bonds is 6. The van der Waals surface area contributed by atoms with Crippen molar-refractivity contribution >= 4 is 5.91 Å². The van der Waals surface area contributed by atoms with E-state index in [4.69, 9.17) is 0 Å². The number of halogens is 3. The lowest BCUT2D eigenvalue weighted by atomic mass is 10.1. The van der Waals surface area contributed by atoms with Crippen molar-refractivity contribution in [3.63, 3.8) is 0 Å². The average molecular weight is 266 g/mol. The highest BCUT2D eigenvalue weighted by Crippen LogP contribution is 2.23. The Morgan fingerprint density at radius 2 is 2.06 bits per heavy atom. The third-order valence-electron chi connectivity index (χ3n) is 2.99. The van der Waals surface area contributed by atoms with Gasteiger partial charge in [0.1, 0.15) is 0 Å². The van der Waals surface area contributed by atoms with Crippen LogP contribution in [-0.4, -0.2) is 36.2 Å². The Kier molecular flexibility index (Phi) is 5.44. The zero-order chi connectivity index (χ0) is 13.8. The zero-order valence-electron chi connectivity index (χ0n) is 10.9. The van der Waals surface area contributed by atoms with Crippen LogP contribution < -0.4 is 5.32 Å². The van der Waals surface area contributed by atoms with Gasteiger partial charge in [0.2, 0.25) is 5.91 Å². The molecular formula is C12H21F3N2O. The zero-order valence-corrected chi connectivity index (χ0v) is 10.9. The molecule has 3 nitrogen and oxygen atoms in total. The molecule has 1 unspecified atom stereocenters. The Labute approximate surface area is 106 Å². The summed E-state index contributed by atoms with van der Waals surface area (Å²) in [5.74, 6) is 0.443. The van der Waals surface area contributed by atoms with Crippen LogP contribution in [0.1, 0.15) is 39.5 Å². The number of carbonyl (C=O) groups is 1. The molecule has 1 heterocycles. The Hall–Kier alpha value is -0.780. The van der Waals surface area contributed by atoms with Crippen molar-refractivity contribution in [1.82, 2.24) is 10.2 Å². The molecule has 1 amide bonds. The van der Waals surface area contributed by atoms with Gasteiger partial charge in [-0.05, 0) is 25.2 Å². The van der Waals surface area contributed by atoms with Gasteiger partial charge in [0.15, 0.2) is 0 Å². The Bertz CT molecular complexity index is 279. The molecule has 1 atom stereocenters. The second-order valence-corrected chi connectivity index (χ2v) is 5.19. The van der Waals surface area contributed by atoms with Crippen molar-refractivity contribution in [1.29, 1.82) is 0 Å². The summed E-state index contributed by atoms with van der Waals surface area (Å²) in [6.07, 6.45) is -3.54. The van der Waals surface area contributed by atoms with Crippen molar-refractivity contribution in [3.8, 4) is 0 Å². The lowest BCUT2D eigenvalue weighted by Gasteiger charge is -2.25. The van der Waals surface area contributed by atoms with E-state index in [1.54, 1.807) is 4.90 Å². The van der Waals surface area contributed by atoms with Gasteiger partial charge < -0.3 is 4.90 Å². The van der Waals surface area contributed by atoms with Crippen molar-refractivity contribution in [2.45, 2.75) is 51.9 Å². The molecule has 1 N–H and O–H groups in total. The number of nitrogens with zero attached hydrogens (tertiary/aromatic N) is 1. The molecule has 18 heavy (non-hydrogen) atoms. The number of hydrogen-bond acceptors (Lipinski definition) is 2. The van der Waals surface area contributed by atoms with Crippen LogP contribution in [0.15, 0.2) is 0 Å². The van der Waals surface area contributed by atoms with Crippen LogP contribution in [0.25, 0.3) is 0 Å². The van der Waals surface area contributed by atoms with Gasteiger partial charge in [-0.2, -0.15) is 13.2 Å². The Morgan fingerprint density at radius 1 is 1.39 bits per heavy atom. The third kappa shape index (κ3) is 5.25. The molecule has 0 aromatic rings. The van der Waals surface area contributed by atoms with Gasteiger partial charge in [0.05, 0.1) is 12.7 Å². The van der Waals surface area contributed by atoms with Crippen LogP contribution in [0.4, 0.5) is 13.2 Å². The predicted molar refractivity (Wildman–Crippen MR) is 62.9 cm³/mol. The number of alkyl halides is 3. The largest absolute Gasteiger partial charge is 0.389 e. The molecule has 0 saturated carbocycles. The molecule has 0 aliphatic carbocycles. The van der Waals surface area contributed by atoms with E-state index in [1.807, 2.05) is 0 Å². The van der Waals surface area contributed by atoms with Gasteiger partial charge >= 0.3 is 6.18 Å². The van der Waals surface area contributed by atoms with Crippen molar-refractivity contribution in [2.75, 3.05) is 13.1 Å².